The Labute approximate surface area is 94.7 Å². The summed E-state index contributed by atoms with van der Waals surface area (Å²) in [7, 11) is 0. The highest BCUT2D eigenvalue weighted by molar-refractivity contribution is 14.1. The first-order chi connectivity index (χ1) is 6.59. The van der Waals surface area contributed by atoms with E-state index in [1.165, 1.54) is 0 Å². The molecule has 1 aromatic heterocycles. The van der Waals surface area contributed by atoms with E-state index in [0.29, 0.717) is 11.2 Å². The Bertz CT molecular complexity index is 560. The summed E-state index contributed by atoms with van der Waals surface area (Å²) in [5.41, 5.74) is 1.71. The lowest BCUT2D eigenvalue weighted by Crippen LogP contribution is -2.11. The molecular formula is C10H9IN2O. The van der Waals surface area contributed by atoms with Crippen LogP contribution in [0.4, 0.5) is 0 Å². The molecule has 0 aliphatic rings. The van der Waals surface area contributed by atoms with Gasteiger partial charge in [0.15, 0.2) is 0 Å². The minimum Gasteiger partial charge on any atom is -0.310 e. The van der Waals surface area contributed by atoms with Gasteiger partial charge in [0.05, 0.1) is 10.9 Å². The minimum absolute atomic E-state index is 0.0523. The van der Waals surface area contributed by atoms with E-state index in [1.807, 2.05) is 19.1 Å². The van der Waals surface area contributed by atoms with Crippen LogP contribution in [-0.2, 0) is 0 Å². The topological polar surface area (TPSA) is 45.8 Å². The molecule has 0 radical (unpaired) electrons. The Balaban J connectivity index is 3.08. The van der Waals surface area contributed by atoms with E-state index >= 15 is 0 Å². The summed E-state index contributed by atoms with van der Waals surface area (Å²) in [5, 5.41) is 0.697. The van der Waals surface area contributed by atoms with Crippen molar-refractivity contribution in [2.45, 2.75) is 13.8 Å². The highest BCUT2D eigenvalue weighted by Gasteiger charge is 2.07. The standard InChI is InChI=1S/C10H9IN2O/c1-5-3-4-7(11)9-8(5)10(14)13-6(2)12-9/h3-4H,1-2H3,(H,12,13,14). The number of aromatic nitrogens is 2. The van der Waals surface area contributed by atoms with Crippen LogP contribution in [0.15, 0.2) is 16.9 Å². The fourth-order valence-corrected chi connectivity index (χ4v) is 2.06. The second kappa shape index (κ2) is 3.34. The third kappa shape index (κ3) is 1.43. The first-order valence-electron chi connectivity index (χ1n) is 4.25. The fourth-order valence-electron chi connectivity index (χ4n) is 1.48. The molecule has 0 bridgehead atoms. The van der Waals surface area contributed by atoms with E-state index in [1.54, 1.807) is 6.92 Å². The van der Waals surface area contributed by atoms with Crippen molar-refractivity contribution in [3.8, 4) is 0 Å². The molecule has 0 spiro atoms. The molecule has 1 aromatic carbocycles. The molecular weight excluding hydrogens is 291 g/mol. The molecule has 1 heterocycles. The van der Waals surface area contributed by atoms with Crippen LogP contribution >= 0.6 is 22.6 Å². The number of rotatable bonds is 0. The normalized spacial score (nSPS) is 10.8. The van der Waals surface area contributed by atoms with Crippen molar-refractivity contribution < 1.29 is 0 Å². The van der Waals surface area contributed by atoms with E-state index in [9.17, 15) is 4.79 Å². The zero-order valence-electron chi connectivity index (χ0n) is 7.89. The van der Waals surface area contributed by atoms with Gasteiger partial charge >= 0.3 is 0 Å². The number of benzene rings is 1. The van der Waals surface area contributed by atoms with Crippen LogP contribution < -0.4 is 5.56 Å². The monoisotopic (exact) mass is 300 g/mol. The summed E-state index contributed by atoms with van der Waals surface area (Å²) in [6, 6.07) is 3.92. The molecule has 4 heteroatoms. The molecule has 0 fully saturated rings. The molecule has 0 unspecified atom stereocenters. The van der Waals surface area contributed by atoms with Gasteiger partial charge in [-0.05, 0) is 48.1 Å². The van der Waals surface area contributed by atoms with Gasteiger partial charge in [0.1, 0.15) is 5.82 Å². The zero-order valence-corrected chi connectivity index (χ0v) is 10.0. The van der Waals surface area contributed by atoms with Crippen molar-refractivity contribution in [2.24, 2.45) is 0 Å². The van der Waals surface area contributed by atoms with E-state index in [2.05, 4.69) is 32.6 Å². The summed E-state index contributed by atoms with van der Waals surface area (Å²) in [4.78, 5) is 18.7. The fraction of sp³-hybridized carbons (Fsp3) is 0.200. The van der Waals surface area contributed by atoms with Crippen molar-refractivity contribution in [2.75, 3.05) is 0 Å². The van der Waals surface area contributed by atoms with Crippen molar-refractivity contribution in [1.29, 1.82) is 0 Å². The van der Waals surface area contributed by atoms with Crippen LogP contribution in [0.2, 0.25) is 0 Å². The molecule has 3 nitrogen and oxygen atoms in total. The van der Waals surface area contributed by atoms with E-state index in [-0.39, 0.29) is 5.56 Å². The van der Waals surface area contributed by atoms with E-state index in [0.717, 1.165) is 14.7 Å². The molecule has 0 amide bonds. The number of fused-ring (bicyclic) bond motifs is 1. The number of hydrogen-bond acceptors (Lipinski definition) is 2. The number of nitrogens with one attached hydrogen (secondary N) is 1. The highest BCUT2D eigenvalue weighted by Crippen LogP contribution is 2.18. The lowest BCUT2D eigenvalue weighted by atomic mass is 10.1. The molecule has 0 atom stereocenters. The van der Waals surface area contributed by atoms with Crippen LogP contribution in [0.1, 0.15) is 11.4 Å². The van der Waals surface area contributed by atoms with Gasteiger partial charge in [-0.3, -0.25) is 4.79 Å². The van der Waals surface area contributed by atoms with Gasteiger partial charge in [-0.25, -0.2) is 4.98 Å². The quantitative estimate of drug-likeness (QED) is 0.758. The maximum absolute atomic E-state index is 11.7. The van der Waals surface area contributed by atoms with Crippen LogP contribution in [0.5, 0.6) is 0 Å². The Morgan fingerprint density at radius 1 is 1.36 bits per heavy atom. The van der Waals surface area contributed by atoms with E-state index < -0.39 is 0 Å². The van der Waals surface area contributed by atoms with Gasteiger partial charge in [0.25, 0.3) is 5.56 Å². The Kier molecular flexibility index (Phi) is 2.30. The summed E-state index contributed by atoms with van der Waals surface area (Å²) in [6.45, 7) is 3.71. The van der Waals surface area contributed by atoms with Gasteiger partial charge in [0, 0.05) is 3.57 Å². The largest absolute Gasteiger partial charge is 0.310 e. The smallest absolute Gasteiger partial charge is 0.259 e. The third-order valence-electron chi connectivity index (χ3n) is 2.14. The Hall–Kier alpha value is -0.910. The zero-order chi connectivity index (χ0) is 10.3. The molecule has 1 N–H and O–H groups in total. The van der Waals surface area contributed by atoms with Gasteiger partial charge in [-0.1, -0.05) is 6.07 Å². The lowest BCUT2D eigenvalue weighted by Gasteiger charge is -2.03. The predicted octanol–water partition coefficient (Wildman–Crippen LogP) is 2.14. The summed E-state index contributed by atoms with van der Waals surface area (Å²) >= 11 is 2.19. The SMILES string of the molecule is Cc1nc2c(I)ccc(C)c2c(=O)[nH]1. The average Bonchev–Trinajstić information content (AvgIpc) is 2.10. The van der Waals surface area contributed by atoms with E-state index in [4.69, 9.17) is 0 Å². The Morgan fingerprint density at radius 2 is 2.07 bits per heavy atom. The first-order valence-corrected chi connectivity index (χ1v) is 5.33. The maximum atomic E-state index is 11.7. The molecule has 0 saturated carbocycles. The summed E-state index contributed by atoms with van der Waals surface area (Å²) < 4.78 is 1.01. The first kappa shape index (κ1) is 9.64. The molecule has 2 aromatic rings. The van der Waals surface area contributed by atoms with Crippen LogP contribution in [0.25, 0.3) is 10.9 Å². The second-order valence-electron chi connectivity index (χ2n) is 3.24. The van der Waals surface area contributed by atoms with Crippen molar-refractivity contribution in [3.63, 3.8) is 0 Å². The highest BCUT2D eigenvalue weighted by atomic mass is 127. The van der Waals surface area contributed by atoms with Crippen LogP contribution in [0.3, 0.4) is 0 Å². The minimum atomic E-state index is -0.0523. The molecule has 0 aliphatic carbocycles. The molecule has 0 aliphatic heterocycles. The summed E-state index contributed by atoms with van der Waals surface area (Å²) in [6.07, 6.45) is 0. The van der Waals surface area contributed by atoms with Crippen molar-refractivity contribution in [3.05, 3.63) is 37.4 Å². The molecule has 2 rings (SSSR count). The predicted molar refractivity (Wildman–Crippen MR) is 64.6 cm³/mol. The second-order valence-corrected chi connectivity index (χ2v) is 4.40. The van der Waals surface area contributed by atoms with Crippen molar-refractivity contribution >= 4 is 33.5 Å². The van der Waals surface area contributed by atoms with Crippen LogP contribution in [0, 0.1) is 17.4 Å². The number of aromatic amines is 1. The van der Waals surface area contributed by atoms with Gasteiger partial charge < -0.3 is 4.98 Å². The average molecular weight is 300 g/mol. The number of halogens is 1. The number of aryl methyl sites for hydroxylation is 2. The van der Waals surface area contributed by atoms with Gasteiger partial charge in [0.2, 0.25) is 0 Å². The molecule has 14 heavy (non-hydrogen) atoms. The molecule has 0 saturated heterocycles. The van der Waals surface area contributed by atoms with Gasteiger partial charge in [-0.15, -0.1) is 0 Å². The third-order valence-corrected chi connectivity index (χ3v) is 3.01. The van der Waals surface area contributed by atoms with Crippen LogP contribution in [-0.4, -0.2) is 9.97 Å². The molecule has 72 valence electrons. The van der Waals surface area contributed by atoms with Gasteiger partial charge in [-0.2, -0.15) is 0 Å². The summed E-state index contributed by atoms with van der Waals surface area (Å²) in [5.74, 6) is 0.658. The number of hydrogen-bond donors (Lipinski definition) is 1. The number of nitrogens with zero attached hydrogens (tertiary/aromatic N) is 1. The number of H-pyrrole nitrogens is 1. The lowest BCUT2D eigenvalue weighted by molar-refractivity contribution is 1.05. The Morgan fingerprint density at radius 3 is 2.79 bits per heavy atom. The van der Waals surface area contributed by atoms with Crippen molar-refractivity contribution in [1.82, 2.24) is 9.97 Å². The maximum Gasteiger partial charge on any atom is 0.259 e.